The van der Waals surface area contributed by atoms with Crippen molar-refractivity contribution >= 4 is 28.6 Å². The predicted octanol–water partition coefficient (Wildman–Crippen LogP) is 1.63. The third-order valence-electron chi connectivity index (χ3n) is 7.07. The number of nitrogens with two attached hydrogens (primary N) is 1. The molecule has 2 saturated heterocycles. The summed E-state index contributed by atoms with van der Waals surface area (Å²) in [4.78, 5) is 27.3. The summed E-state index contributed by atoms with van der Waals surface area (Å²) in [6.45, 7) is 3.57. The largest absolute Gasteiger partial charge is 0.417 e. The molecule has 3 aliphatic rings. The van der Waals surface area contributed by atoms with E-state index >= 15 is 4.39 Å². The van der Waals surface area contributed by atoms with Crippen LogP contribution in [0.4, 0.5) is 15.9 Å². The quantitative estimate of drug-likeness (QED) is 0.461. The fourth-order valence-electron chi connectivity index (χ4n) is 5.11. The first kappa shape index (κ1) is 20.9. The molecular weight excluding hydrogens is 439 g/mol. The van der Waals surface area contributed by atoms with Crippen molar-refractivity contribution in [3.63, 3.8) is 0 Å². The van der Waals surface area contributed by atoms with E-state index in [1.54, 1.807) is 30.6 Å². The Bertz CT molecular complexity index is 1410. The molecule has 0 spiro atoms. The van der Waals surface area contributed by atoms with Gasteiger partial charge >= 0.3 is 5.76 Å². The number of nitrogens with one attached hydrogen (secondary N) is 3. The number of fused-ring (bicyclic) bond motifs is 3. The van der Waals surface area contributed by atoms with Crippen molar-refractivity contribution in [1.82, 2.24) is 20.2 Å². The Kier molecular flexibility index (Phi) is 4.55. The number of piperazine rings is 1. The third kappa shape index (κ3) is 3.27. The zero-order chi connectivity index (χ0) is 23.6. The van der Waals surface area contributed by atoms with Crippen LogP contribution in [-0.2, 0) is 5.66 Å². The van der Waals surface area contributed by atoms with Gasteiger partial charge in [-0.05, 0) is 43.7 Å². The molecule has 2 fully saturated rings. The molecule has 5 N–H and O–H groups in total. The van der Waals surface area contributed by atoms with Crippen molar-refractivity contribution < 1.29 is 8.81 Å². The Labute approximate surface area is 194 Å². The normalized spacial score (nSPS) is 26.5. The number of aromatic nitrogens is 2. The van der Waals surface area contributed by atoms with Crippen molar-refractivity contribution in [2.24, 2.45) is 10.7 Å². The van der Waals surface area contributed by atoms with Crippen LogP contribution in [0.5, 0.6) is 0 Å². The van der Waals surface area contributed by atoms with Gasteiger partial charge in [0.15, 0.2) is 17.2 Å². The Morgan fingerprint density at radius 3 is 2.88 bits per heavy atom. The SMILES string of the molecule is CC1=CN=C(Nc2cnc(N3C[C@@H]4C[C@H]3CN4C)c(F)c2)NC1(N)c1ccc2oc(=O)[nH]c2c1. The van der Waals surface area contributed by atoms with Crippen molar-refractivity contribution in [3.8, 4) is 0 Å². The number of likely N-dealkylation sites (N-methyl/N-ethyl adjacent to an activating group) is 1. The van der Waals surface area contributed by atoms with Crippen LogP contribution in [-0.4, -0.2) is 53.0 Å². The highest BCUT2D eigenvalue weighted by Crippen LogP contribution is 2.34. The number of H-pyrrole nitrogens is 1. The van der Waals surface area contributed by atoms with Crippen LogP contribution in [0.3, 0.4) is 0 Å². The Morgan fingerprint density at radius 2 is 2.15 bits per heavy atom. The van der Waals surface area contributed by atoms with Gasteiger partial charge in [0.2, 0.25) is 5.96 Å². The zero-order valence-corrected chi connectivity index (χ0v) is 18.8. The number of nitrogens with zero attached hydrogens (tertiary/aromatic N) is 4. The molecule has 3 atom stereocenters. The molecule has 10 nitrogen and oxygen atoms in total. The van der Waals surface area contributed by atoms with Crippen LogP contribution < -0.4 is 27.0 Å². The molecule has 0 saturated carbocycles. The number of likely N-dealkylation sites (tertiary alicyclic amines) is 1. The maximum Gasteiger partial charge on any atom is 0.417 e. The number of hydrogen-bond donors (Lipinski definition) is 4. The molecule has 5 heterocycles. The van der Waals surface area contributed by atoms with Gasteiger partial charge in [0.1, 0.15) is 5.66 Å². The van der Waals surface area contributed by atoms with Gasteiger partial charge in [0, 0.05) is 37.4 Å². The first-order valence-corrected chi connectivity index (χ1v) is 11.1. The summed E-state index contributed by atoms with van der Waals surface area (Å²) < 4.78 is 20.1. The van der Waals surface area contributed by atoms with E-state index in [0.717, 1.165) is 25.1 Å². The summed E-state index contributed by atoms with van der Waals surface area (Å²) in [7, 11) is 2.11. The molecule has 2 aromatic heterocycles. The number of benzene rings is 1. The van der Waals surface area contributed by atoms with Crippen molar-refractivity contribution in [1.29, 1.82) is 0 Å². The minimum Gasteiger partial charge on any atom is -0.408 e. The van der Waals surface area contributed by atoms with Crippen LogP contribution in [0.15, 0.2) is 56.4 Å². The Morgan fingerprint density at radius 1 is 1.29 bits per heavy atom. The monoisotopic (exact) mass is 464 g/mol. The second kappa shape index (κ2) is 7.40. The fraction of sp³-hybridized carbons (Fsp3) is 0.348. The minimum atomic E-state index is -1.10. The number of guanidine groups is 1. The lowest BCUT2D eigenvalue weighted by molar-refractivity contribution is 0.291. The van der Waals surface area contributed by atoms with Gasteiger partial charge in [-0.25, -0.2) is 19.2 Å². The number of pyridine rings is 1. The maximum atomic E-state index is 15.0. The summed E-state index contributed by atoms with van der Waals surface area (Å²) >= 11 is 0. The molecule has 34 heavy (non-hydrogen) atoms. The third-order valence-corrected chi connectivity index (χ3v) is 7.07. The lowest BCUT2D eigenvalue weighted by Crippen LogP contribution is -2.57. The first-order chi connectivity index (χ1) is 16.3. The molecule has 1 unspecified atom stereocenters. The van der Waals surface area contributed by atoms with E-state index in [0.29, 0.717) is 46.2 Å². The predicted molar refractivity (Wildman–Crippen MR) is 127 cm³/mol. The summed E-state index contributed by atoms with van der Waals surface area (Å²) in [5.41, 5.74) is 8.54. The molecular formula is C23H25FN8O2. The van der Waals surface area contributed by atoms with E-state index in [2.05, 4.69) is 42.4 Å². The maximum absolute atomic E-state index is 15.0. The molecule has 2 bridgehead atoms. The van der Waals surface area contributed by atoms with Crippen molar-refractivity contribution in [2.75, 3.05) is 30.4 Å². The number of aliphatic imine (C=N–C) groups is 1. The number of halogens is 1. The number of rotatable bonds is 3. The van der Waals surface area contributed by atoms with Gasteiger partial charge in [-0.2, -0.15) is 0 Å². The highest BCUT2D eigenvalue weighted by atomic mass is 19.1. The average Bonchev–Trinajstić information content (AvgIpc) is 3.48. The van der Waals surface area contributed by atoms with E-state index in [1.165, 1.54) is 6.07 Å². The number of aromatic amines is 1. The Balaban J connectivity index is 1.22. The standard InChI is InChI=1S/C23H25FN8O2/c1-12-8-27-21(30-23(12,25)13-3-4-19-18(5-13)29-22(33)34-19)28-14-6-17(24)20(26-9-14)32-11-15-7-16(32)10-31(15)2/h3-6,8-9,15-16H,7,10-11,25H2,1-2H3,(H,29,33)(H2,27,28,30)/t15-,16-,23?/m0/s1. The lowest BCUT2D eigenvalue weighted by atomic mass is 9.92. The number of oxazole rings is 1. The van der Waals surface area contributed by atoms with E-state index in [1.807, 2.05) is 6.92 Å². The van der Waals surface area contributed by atoms with Crippen LogP contribution in [0.1, 0.15) is 18.9 Å². The van der Waals surface area contributed by atoms with Gasteiger partial charge in [0.05, 0.1) is 17.4 Å². The molecule has 176 valence electrons. The van der Waals surface area contributed by atoms with E-state index in [9.17, 15) is 4.79 Å². The second-order valence-corrected chi connectivity index (χ2v) is 9.24. The van der Waals surface area contributed by atoms with Crippen LogP contribution >= 0.6 is 0 Å². The molecule has 1 aromatic carbocycles. The van der Waals surface area contributed by atoms with Crippen molar-refractivity contribution in [2.45, 2.75) is 31.1 Å². The molecule has 0 radical (unpaired) electrons. The van der Waals surface area contributed by atoms with Gasteiger partial charge in [-0.15, -0.1) is 0 Å². The van der Waals surface area contributed by atoms with Crippen LogP contribution in [0, 0.1) is 5.82 Å². The summed E-state index contributed by atoms with van der Waals surface area (Å²) in [6, 6.07) is 7.40. The van der Waals surface area contributed by atoms with Crippen LogP contribution in [0.25, 0.3) is 11.1 Å². The van der Waals surface area contributed by atoms with Gasteiger partial charge < -0.3 is 25.7 Å². The molecule has 3 aliphatic heterocycles. The molecule has 3 aromatic rings. The van der Waals surface area contributed by atoms with Crippen LogP contribution in [0.2, 0.25) is 0 Å². The molecule has 11 heteroatoms. The molecule has 6 rings (SSSR count). The summed E-state index contributed by atoms with van der Waals surface area (Å²) in [6.07, 6.45) is 4.29. The second-order valence-electron chi connectivity index (χ2n) is 9.24. The van der Waals surface area contributed by atoms with Gasteiger partial charge in [-0.3, -0.25) is 9.88 Å². The highest BCUT2D eigenvalue weighted by Gasteiger charge is 2.42. The summed E-state index contributed by atoms with van der Waals surface area (Å²) in [5.74, 6) is -0.171. The highest BCUT2D eigenvalue weighted by molar-refractivity contribution is 5.95. The lowest BCUT2D eigenvalue weighted by Gasteiger charge is -2.36. The average molecular weight is 465 g/mol. The summed E-state index contributed by atoms with van der Waals surface area (Å²) in [5, 5.41) is 6.27. The number of anilines is 2. The zero-order valence-electron chi connectivity index (χ0n) is 18.8. The topological polar surface area (TPSA) is 128 Å². The molecule has 0 amide bonds. The van der Waals surface area contributed by atoms with Gasteiger partial charge in [0.25, 0.3) is 0 Å². The van der Waals surface area contributed by atoms with Crippen molar-refractivity contribution in [3.05, 3.63) is 64.2 Å². The molecule has 0 aliphatic carbocycles. The van der Waals surface area contributed by atoms with Gasteiger partial charge in [-0.1, -0.05) is 6.07 Å². The van der Waals surface area contributed by atoms with E-state index < -0.39 is 11.4 Å². The number of hydrogen-bond acceptors (Lipinski definition) is 9. The minimum absolute atomic E-state index is 0.300. The van der Waals surface area contributed by atoms with E-state index in [-0.39, 0.29) is 5.82 Å². The fourth-order valence-corrected chi connectivity index (χ4v) is 5.11. The Hall–Kier alpha value is -3.70. The first-order valence-electron chi connectivity index (χ1n) is 11.1. The van der Waals surface area contributed by atoms with E-state index in [4.69, 9.17) is 10.2 Å². The smallest absolute Gasteiger partial charge is 0.408 e.